The first-order valence-corrected chi connectivity index (χ1v) is 7.35. The molecule has 2 N–H and O–H groups in total. The molecule has 0 saturated heterocycles. The van der Waals surface area contributed by atoms with Gasteiger partial charge in [0.15, 0.2) is 0 Å². The number of hydrogen-bond acceptors (Lipinski definition) is 3. The first kappa shape index (κ1) is 15.4. The minimum Gasteiger partial charge on any atom is -0.453 e. The van der Waals surface area contributed by atoms with E-state index in [1.807, 2.05) is 36.4 Å². The Morgan fingerprint density at radius 2 is 1.81 bits per heavy atom. The molecular formula is C16H17BrN2O2. The molecule has 0 spiro atoms. The molecule has 110 valence electrons. The van der Waals surface area contributed by atoms with Gasteiger partial charge in [-0.25, -0.2) is 4.79 Å². The third kappa shape index (κ3) is 4.49. The Labute approximate surface area is 132 Å². The smallest absolute Gasteiger partial charge is 0.411 e. The van der Waals surface area contributed by atoms with Crippen LogP contribution in [-0.4, -0.2) is 13.2 Å². The zero-order valence-corrected chi connectivity index (χ0v) is 13.5. The minimum atomic E-state index is -0.474. The van der Waals surface area contributed by atoms with Crippen LogP contribution in [0.2, 0.25) is 0 Å². The van der Waals surface area contributed by atoms with Crippen molar-refractivity contribution in [3.63, 3.8) is 0 Å². The predicted molar refractivity (Wildman–Crippen MR) is 88.6 cm³/mol. The number of carbonyl (C=O) groups excluding carboxylic acids is 1. The van der Waals surface area contributed by atoms with Crippen molar-refractivity contribution in [1.82, 2.24) is 0 Å². The van der Waals surface area contributed by atoms with Crippen LogP contribution in [0.5, 0.6) is 0 Å². The number of halogens is 1. The van der Waals surface area contributed by atoms with Gasteiger partial charge in [0.05, 0.1) is 7.11 Å². The van der Waals surface area contributed by atoms with Gasteiger partial charge < -0.3 is 10.1 Å². The van der Waals surface area contributed by atoms with Crippen LogP contribution in [0, 0.1) is 0 Å². The van der Waals surface area contributed by atoms with E-state index in [2.05, 4.69) is 50.4 Å². The van der Waals surface area contributed by atoms with Gasteiger partial charge in [-0.1, -0.05) is 28.1 Å². The number of hydrogen-bond donors (Lipinski definition) is 2. The maximum atomic E-state index is 11.1. The molecule has 0 radical (unpaired) electrons. The second-order valence-electron chi connectivity index (χ2n) is 4.61. The maximum absolute atomic E-state index is 11.1. The highest BCUT2D eigenvalue weighted by Crippen LogP contribution is 2.23. The summed E-state index contributed by atoms with van der Waals surface area (Å²) in [5.41, 5.74) is 2.88. The van der Waals surface area contributed by atoms with E-state index in [-0.39, 0.29) is 6.04 Å². The number of ether oxygens (including phenoxy) is 1. The largest absolute Gasteiger partial charge is 0.453 e. The molecule has 0 saturated carbocycles. The maximum Gasteiger partial charge on any atom is 0.411 e. The summed E-state index contributed by atoms with van der Waals surface area (Å²) < 4.78 is 5.61. The lowest BCUT2D eigenvalue weighted by Crippen LogP contribution is -2.11. The van der Waals surface area contributed by atoms with Crippen LogP contribution in [0.3, 0.4) is 0 Å². The second kappa shape index (κ2) is 7.13. The molecular weight excluding hydrogens is 332 g/mol. The molecule has 1 unspecified atom stereocenters. The van der Waals surface area contributed by atoms with Crippen molar-refractivity contribution < 1.29 is 9.53 Å². The van der Waals surface area contributed by atoms with Crippen molar-refractivity contribution in [2.24, 2.45) is 0 Å². The van der Waals surface area contributed by atoms with Crippen LogP contribution >= 0.6 is 15.9 Å². The summed E-state index contributed by atoms with van der Waals surface area (Å²) in [6.45, 7) is 2.10. The van der Waals surface area contributed by atoms with Crippen molar-refractivity contribution in [2.45, 2.75) is 13.0 Å². The summed E-state index contributed by atoms with van der Waals surface area (Å²) in [6, 6.07) is 15.9. The Bertz CT molecular complexity index is 614. The van der Waals surface area contributed by atoms with E-state index >= 15 is 0 Å². The summed E-state index contributed by atoms with van der Waals surface area (Å²) in [4.78, 5) is 11.1. The average Bonchev–Trinajstić information content (AvgIpc) is 2.49. The van der Waals surface area contributed by atoms with E-state index in [0.717, 1.165) is 10.2 Å². The highest BCUT2D eigenvalue weighted by Gasteiger charge is 2.06. The zero-order chi connectivity index (χ0) is 15.2. The molecule has 2 aromatic rings. The van der Waals surface area contributed by atoms with Crippen molar-refractivity contribution in [3.8, 4) is 0 Å². The van der Waals surface area contributed by atoms with Crippen LogP contribution in [-0.2, 0) is 4.74 Å². The lowest BCUT2D eigenvalue weighted by molar-refractivity contribution is 0.187. The van der Waals surface area contributed by atoms with Gasteiger partial charge in [-0.15, -0.1) is 0 Å². The standard InChI is InChI=1S/C16H17BrN2O2/c1-11(12-4-3-5-13(17)10-12)18-14-6-8-15(9-7-14)19-16(20)21-2/h3-11,18H,1-2H3,(H,19,20). The second-order valence-corrected chi connectivity index (χ2v) is 5.53. The predicted octanol–water partition coefficient (Wildman–Crippen LogP) is 4.80. The normalized spacial score (nSPS) is 11.6. The van der Waals surface area contributed by atoms with Gasteiger partial charge in [-0.05, 0) is 48.9 Å². The van der Waals surface area contributed by atoms with E-state index in [1.165, 1.54) is 12.7 Å². The van der Waals surface area contributed by atoms with Gasteiger partial charge in [0.2, 0.25) is 0 Å². The van der Waals surface area contributed by atoms with E-state index in [1.54, 1.807) is 0 Å². The fraction of sp³-hybridized carbons (Fsp3) is 0.188. The zero-order valence-electron chi connectivity index (χ0n) is 11.9. The Morgan fingerprint density at radius 3 is 2.43 bits per heavy atom. The van der Waals surface area contributed by atoms with Gasteiger partial charge in [0.25, 0.3) is 0 Å². The summed E-state index contributed by atoms with van der Waals surface area (Å²) in [5, 5.41) is 6.03. The van der Waals surface area contributed by atoms with Crippen molar-refractivity contribution in [1.29, 1.82) is 0 Å². The highest BCUT2D eigenvalue weighted by atomic mass is 79.9. The topological polar surface area (TPSA) is 50.4 Å². The van der Waals surface area contributed by atoms with Crippen LogP contribution in [0.4, 0.5) is 16.2 Å². The van der Waals surface area contributed by atoms with Gasteiger partial charge in [-0.2, -0.15) is 0 Å². The molecule has 21 heavy (non-hydrogen) atoms. The van der Waals surface area contributed by atoms with E-state index in [4.69, 9.17) is 0 Å². The number of methoxy groups -OCH3 is 1. The lowest BCUT2D eigenvalue weighted by atomic mass is 10.1. The molecule has 1 amide bonds. The Balaban J connectivity index is 2.01. The van der Waals surface area contributed by atoms with E-state index in [9.17, 15) is 4.79 Å². The van der Waals surface area contributed by atoms with Gasteiger partial charge >= 0.3 is 6.09 Å². The number of benzene rings is 2. The Hall–Kier alpha value is -2.01. The molecule has 2 rings (SSSR count). The molecule has 1 atom stereocenters. The first-order chi connectivity index (χ1) is 10.1. The molecule has 0 aliphatic rings. The number of rotatable bonds is 4. The van der Waals surface area contributed by atoms with Crippen LogP contribution in [0.25, 0.3) is 0 Å². The quantitative estimate of drug-likeness (QED) is 0.834. The molecule has 0 bridgehead atoms. The average molecular weight is 349 g/mol. The van der Waals surface area contributed by atoms with Crippen molar-refractivity contribution >= 4 is 33.4 Å². The monoisotopic (exact) mass is 348 g/mol. The van der Waals surface area contributed by atoms with Gasteiger partial charge in [-0.3, -0.25) is 5.32 Å². The first-order valence-electron chi connectivity index (χ1n) is 6.55. The molecule has 4 nitrogen and oxygen atoms in total. The van der Waals surface area contributed by atoms with Crippen LogP contribution in [0.1, 0.15) is 18.5 Å². The fourth-order valence-electron chi connectivity index (χ4n) is 1.93. The molecule has 0 heterocycles. The fourth-order valence-corrected chi connectivity index (χ4v) is 2.34. The summed E-state index contributed by atoms with van der Waals surface area (Å²) in [7, 11) is 1.34. The molecule has 0 aromatic heterocycles. The molecule has 2 aromatic carbocycles. The van der Waals surface area contributed by atoms with Gasteiger partial charge in [0, 0.05) is 21.9 Å². The lowest BCUT2D eigenvalue weighted by Gasteiger charge is -2.16. The molecule has 0 aliphatic carbocycles. The summed E-state index contributed by atoms with van der Waals surface area (Å²) in [6.07, 6.45) is -0.474. The number of nitrogens with one attached hydrogen (secondary N) is 2. The van der Waals surface area contributed by atoms with Crippen LogP contribution < -0.4 is 10.6 Å². The van der Waals surface area contributed by atoms with E-state index < -0.39 is 6.09 Å². The highest BCUT2D eigenvalue weighted by molar-refractivity contribution is 9.10. The third-order valence-electron chi connectivity index (χ3n) is 3.05. The van der Waals surface area contributed by atoms with Crippen LogP contribution in [0.15, 0.2) is 53.0 Å². The third-order valence-corrected chi connectivity index (χ3v) is 3.54. The molecule has 5 heteroatoms. The number of carbonyl (C=O) groups is 1. The van der Waals surface area contributed by atoms with E-state index in [0.29, 0.717) is 5.69 Å². The summed E-state index contributed by atoms with van der Waals surface area (Å²) in [5.74, 6) is 0. The van der Waals surface area contributed by atoms with Gasteiger partial charge in [0.1, 0.15) is 0 Å². The van der Waals surface area contributed by atoms with Crippen molar-refractivity contribution in [2.75, 3.05) is 17.7 Å². The minimum absolute atomic E-state index is 0.182. The molecule has 0 aliphatic heterocycles. The number of amides is 1. The Kier molecular flexibility index (Phi) is 5.22. The SMILES string of the molecule is COC(=O)Nc1ccc(NC(C)c2cccc(Br)c2)cc1. The number of anilines is 2. The Morgan fingerprint density at radius 1 is 1.14 bits per heavy atom. The van der Waals surface area contributed by atoms with Crippen molar-refractivity contribution in [3.05, 3.63) is 58.6 Å². The molecule has 0 fully saturated rings. The summed E-state index contributed by atoms with van der Waals surface area (Å²) >= 11 is 3.48.